The van der Waals surface area contributed by atoms with E-state index < -0.39 is 10.0 Å². The third kappa shape index (κ3) is 3.46. The van der Waals surface area contributed by atoms with Gasteiger partial charge in [-0.2, -0.15) is 4.31 Å². The second kappa shape index (κ2) is 7.11. The maximum absolute atomic E-state index is 12.8. The van der Waals surface area contributed by atoms with Crippen LogP contribution < -0.4 is 5.32 Å². The topological polar surface area (TPSA) is 71.8 Å². The average Bonchev–Trinajstić information content (AvgIpc) is 3.10. The summed E-state index contributed by atoms with van der Waals surface area (Å²) in [5, 5.41) is 4.28. The summed E-state index contributed by atoms with van der Waals surface area (Å²) in [5.74, 6) is 0.799. The van der Waals surface area contributed by atoms with Crippen molar-refractivity contribution in [2.45, 2.75) is 11.4 Å². The summed E-state index contributed by atoms with van der Waals surface area (Å²) in [4.78, 5) is 0.286. The number of benzene rings is 2. The molecular weight excluding hydrogens is 352 g/mol. The Labute approximate surface area is 152 Å². The third-order valence-electron chi connectivity index (χ3n) is 4.39. The molecule has 6 nitrogen and oxygen atoms in total. The first kappa shape index (κ1) is 17.1. The van der Waals surface area contributed by atoms with Crippen LogP contribution in [0.25, 0.3) is 11.0 Å². The highest BCUT2D eigenvalue weighted by molar-refractivity contribution is 7.89. The molecular formula is C19H20N2O4S. The first-order valence-corrected chi connectivity index (χ1v) is 9.96. The van der Waals surface area contributed by atoms with Crippen molar-refractivity contribution >= 4 is 26.7 Å². The van der Waals surface area contributed by atoms with Gasteiger partial charge in [0.15, 0.2) is 0 Å². The summed E-state index contributed by atoms with van der Waals surface area (Å²) in [6.07, 6.45) is 0. The molecule has 0 spiro atoms. The van der Waals surface area contributed by atoms with Gasteiger partial charge in [-0.25, -0.2) is 8.42 Å². The molecule has 0 unspecified atom stereocenters. The fraction of sp³-hybridized carbons (Fsp3) is 0.263. The predicted molar refractivity (Wildman–Crippen MR) is 99.6 cm³/mol. The van der Waals surface area contributed by atoms with Crippen LogP contribution in [0.2, 0.25) is 0 Å². The normalized spacial score (nSPS) is 16.0. The molecule has 0 atom stereocenters. The highest BCUT2D eigenvalue weighted by Gasteiger charge is 2.26. The molecule has 0 saturated carbocycles. The molecule has 0 radical (unpaired) electrons. The smallest absolute Gasteiger partial charge is 0.243 e. The zero-order chi connectivity index (χ0) is 18.0. The predicted octanol–water partition coefficient (Wildman–Crippen LogP) is 3.07. The van der Waals surface area contributed by atoms with E-state index in [1.807, 2.05) is 36.4 Å². The molecule has 1 aliphatic rings. The van der Waals surface area contributed by atoms with Crippen molar-refractivity contribution in [3.63, 3.8) is 0 Å². The van der Waals surface area contributed by atoms with Crippen molar-refractivity contribution in [1.29, 1.82) is 0 Å². The summed E-state index contributed by atoms with van der Waals surface area (Å²) < 4.78 is 38.0. The zero-order valence-corrected chi connectivity index (χ0v) is 15.0. The Morgan fingerprint density at radius 3 is 2.62 bits per heavy atom. The lowest BCUT2D eigenvalue weighted by Gasteiger charge is -2.26. The summed E-state index contributed by atoms with van der Waals surface area (Å²) in [5.41, 5.74) is 1.58. The molecule has 1 aliphatic heterocycles. The molecule has 2 aromatic carbocycles. The average molecular weight is 372 g/mol. The molecule has 3 aromatic rings. The van der Waals surface area contributed by atoms with E-state index in [9.17, 15) is 8.42 Å². The molecule has 0 bridgehead atoms. The van der Waals surface area contributed by atoms with Gasteiger partial charge in [0.05, 0.1) is 24.7 Å². The second-order valence-corrected chi connectivity index (χ2v) is 8.09. The van der Waals surface area contributed by atoms with Gasteiger partial charge >= 0.3 is 0 Å². The molecule has 136 valence electrons. The lowest BCUT2D eigenvalue weighted by molar-refractivity contribution is 0.0730. The second-order valence-electron chi connectivity index (χ2n) is 6.15. The molecule has 7 heteroatoms. The minimum absolute atomic E-state index is 0.286. The van der Waals surface area contributed by atoms with Crippen LogP contribution in [0.15, 0.2) is 63.9 Å². The van der Waals surface area contributed by atoms with Crippen LogP contribution in [0.1, 0.15) is 5.76 Å². The Bertz CT molecular complexity index is 974. The number of para-hydroxylation sites is 1. The molecule has 4 rings (SSSR count). The van der Waals surface area contributed by atoms with Gasteiger partial charge in [-0.15, -0.1) is 0 Å². The number of nitrogens with zero attached hydrogens (tertiary/aromatic N) is 1. The van der Waals surface area contributed by atoms with Crippen molar-refractivity contribution in [3.8, 4) is 0 Å². The van der Waals surface area contributed by atoms with Crippen LogP contribution in [0.3, 0.4) is 0 Å². The fourth-order valence-electron chi connectivity index (χ4n) is 3.02. The molecule has 1 aromatic heterocycles. The Morgan fingerprint density at radius 2 is 1.81 bits per heavy atom. The first-order chi connectivity index (χ1) is 12.6. The van der Waals surface area contributed by atoms with E-state index in [-0.39, 0.29) is 4.90 Å². The Balaban J connectivity index is 1.50. The largest absolute Gasteiger partial charge is 0.459 e. The van der Waals surface area contributed by atoms with Gasteiger partial charge in [0, 0.05) is 24.2 Å². The molecule has 1 fully saturated rings. The number of morpholine rings is 1. The van der Waals surface area contributed by atoms with Gasteiger partial charge in [-0.1, -0.05) is 24.3 Å². The van der Waals surface area contributed by atoms with E-state index in [1.165, 1.54) is 4.31 Å². The Kier molecular flexibility index (Phi) is 4.67. The van der Waals surface area contributed by atoms with Crippen molar-refractivity contribution in [1.82, 2.24) is 4.31 Å². The number of sulfonamides is 1. The van der Waals surface area contributed by atoms with Crippen molar-refractivity contribution in [2.24, 2.45) is 0 Å². The highest BCUT2D eigenvalue weighted by Crippen LogP contribution is 2.23. The van der Waals surface area contributed by atoms with Crippen LogP contribution in [-0.2, 0) is 21.3 Å². The number of rotatable bonds is 5. The van der Waals surface area contributed by atoms with E-state index in [2.05, 4.69) is 5.32 Å². The Hall–Kier alpha value is -2.35. The minimum atomic E-state index is -3.50. The summed E-state index contributed by atoms with van der Waals surface area (Å²) >= 11 is 0. The number of hydrogen-bond acceptors (Lipinski definition) is 5. The van der Waals surface area contributed by atoms with E-state index >= 15 is 0 Å². The number of fused-ring (bicyclic) bond motifs is 1. The molecule has 1 N–H and O–H groups in total. The van der Waals surface area contributed by atoms with E-state index in [1.54, 1.807) is 18.2 Å². The SMILES string of the molecule is O=S(=O)(c1cccc(NCc2cc3ccccc3o2)c1)N1CCOCC1. The van der Waals surface area contributed by atoms with E-state index in [4.69, 9.17) is 9.15 Å². The van der Waals surface area contributed by atoms with Gasteiger partial charge in [-0.05, 0) is 30.3 Å². The highest BCUT2D eigenvalue weighted by atomic mass is 32.2. The first-order valence-electron chi connectivity index (χ1n) is 8.52. The Morgan fingerprint density at radius 1 is 1.00 bits per heavy atom. The maximum Gasteiger partial charge on any atom is 0.243 e. The minimum Gasteiger partial charge on any atom is -0.459 e. The maximum atomic E-state index is 12.8. The lowest BCUT2D eigenvalue weighted by atomic mass is 10.2. The zero-order valence-electron chi connectivity index (χ0n) is 14.2. The molecule has 1 saturated heterocycles. The van der Waals surface area contributed by atoms with Gasteiger partial charge in [-0.3, -0.25) is 0 Å². The summed E-state index contributed by atoms with van der Waals surface area (Å²) in [7, 11) is -3.50. The van der Waals surface area contributed by atoms with Crippen molar-refractivity contribution in [3.05, 3.63) is 60.4 Å². The molecule has 0 amide bonds. The summed E-state index contributed by atoms with van der Waals surface area (Å²) in [6, 6.07) is 16.7. The molecule has 2 heterocycles. The number of anilines is 1. The van der Waals surface area contributed by atoms with E-state index in [0.717, 1.165) is 22.4 Å². The van der Waals surface area contributed by atoms with Gasteiger partial charge in [0.1, 0.15) is 11.3 Å². The standard InChI is InChI=1S/C19H20N2O4S/c22-26(23,21-8-10-24-11-9-21)18-6-3-5-16(13-18)20-14-17-12-15-4-1-2-7-19(15)25-17/h1-7,12-13,20H,8-11,14H2. The number of hydrogen-bond donors (Lipinski definition) is 1. The van der Waals surface area contributed by atoms with Gasteiger partial charge in [0.25, 0.3) is 0 Å². The molecule has 0 aliphatic carbocycles. The van der Waals surface area contributed by atoms with Crippen molar-refractivity contribution in [2.75, 3.05) is 31.6 Å². The third-order valence-corrected chi connectivity index (χ3v) is 6.28. The number of ether oxygens (including phenoxy) is 1. The van der Waals surface area contributed by atoms with Crippen LogP contribution in [0.4, 0.5) is 5.69 Å². The van der Waals surface area contributed by atoms with Crippen LogP contribution >= 0.6 is 0 Å². The van der Waals surface area contributed by atoms with Gasteiger partial charge in [0.2, 0.25) is 10.0 Å². The fourth-order valence-corrected chi connectivity index (χ4v) is 4.47. The van der Waals surface area contributed by atoms with Crippen molar-refractivity contribution < 1.29 is 17.6 Å². The van der Waals surface area contributed by atoms with Crippen LogP contribution in [0.5, 0.6) is 0 Å². The van der Waals surface area contributed by atoms with E-state index in [0.29, 0.717) is 32.8 Å². The number of furan rings is 1. The lowest BCUT2D eigenvalue weighted by Crippen LogP contribution is -2.40. The molecule has 26 heavy (non-hydrogen) atoms. The van der Waals surface area contributed by atoms with Crippen LogP contribution in [-0.4, -0.2) is 39.0 Å². The monoisotopic (exact) mass is 372 g/mol. The summed E-state index contributed by atoms with van der Waals surface area (Å²) in [6.45, 7) is 2.13. The quantitative estimate of drug-likeness (QED) is 0.745. The van der Waals surface area contributed by atoms with Gasteiger partial charge < -0.3 is 14.5 Å². The number of nitrogens with one attached hydrogen (secondary N) is 1. The van der Waals surface area contributed by atoms with Crippen LogP contribution in [0, 0.1) is 0 Å².